The van der Waals surface area contributed by atoms with Gasteiger partial charge in [0.25, 0.3) is 0 Å². The number of aromatic nitrogens is 1. The summed E-state index contributed by atoms with van der Waals surface area (Å²) in [4.78, 5) is 0. The second-order valence-corrected chi connectivity index (χ2v) is 5.47. The van der Waals surface area contributed by atoms with E-state index in [-0.39, 0.29) is 6.61 Å². The highest BCUT2D eigenvalue weighted by atomic mass is 79.9. The normalized spacial score (nSPS) is 10.7. The van der Waals surface area contributed by atoms with Crippen molar-refractivity contribution < 1.29 is 9.26 Å². The molecule has 1 heterocycles. The minimum Gasteiger partial charge on any atom is -0.484 e. The van der Waals surface area contributed by atoms with Gasteiger partial charge in [-0.05, 0) is 29.0 Å². The largest absolute Gasteiger partial charge is 0.484 e. The first-order valence-corrected chi connectivity index (χ1v) is 7.01. The molecule has 0 radical (unpaired) electrons. The Bertz CT molecular complexity index is 575. The molecule has 7 heteroatoms. The zero-order valence-corrected chi connectivity index (χ0v) is 13.1. The molecule has 0 aliphatic heterocycles. The molecule has 19 heavy (non-hydrogen) atoms. The lowest BCUT2D eigenvalue weighted by Crippen LogP contribution is -2.04. The number of nitrogens with zero attached hydrogens (tertiary/aromatic N) is 1. The molecule has 1 N–H and O–H groups in total. The molecule has 0 saturated heterocycles. The Morgan fingerprint density at radius 2 is 2.11 bits per heavy atom. The minimum atomic E-state index is 0.244. The first kappa shape index (κ1) is 14.7. The van der Waals surface area contributed by atoms with Gasteiger partial charge in [-0.2, -0.15) is 0 Å². The first-order chi connectivity index (χ1) is 9.10. The summed E-state index contributed by atoms with van der Waals surface area (Å²) in [6.07, 6.45) is 0. The van der Waals surface area contributed by atoms with Gasteiger partial charge in [0.1, 0.15) is 12.4 Å². The fourth-order valence-corrected chi connectivity index (χ4v) is 2.30. The molecule has 0 fully saturated rings. The van der Waals surface area contributed by atoms with Gasteiger partial charge in [0.2, 0.25) is 0 Å². The van der Waals surface area contributed by atoms with Crippen molar-refractivity contribution in [1.82, 2.24) is 10.5 Å². The predicted octanol–water partition coefficient (Wildman–Crippen LogP) is 4.04. The summed E-state index contributed by atoms with van der Waals surface area (Å²) in [7, 11) is 1.84. The van der Waals surface area contributed by atoms with E-state index in [1.165, 1.54) is 0 Å². The summed E-state index contributed by atoms with van der Waals surface area (Å²) < 4.78 is 11.4. The van der Waals surface area contributed by atoms with E-state index < -0.39 is 0 Å². The molecule has 0 bridgehead atoms. The molecule has 0 aliphatic rings. The van der Waals surface area contributed by atoms with Crippen LogP contribution in [0, 0.1) is 0 Å². The Labute approximate surface area is 129 Å². The van der Waals surface area contributed by atoms with Crippen molar-refractivity contribution in [1.29, 1.82) is 0 Å². The lowest BCUT2D eigenvalue weighted by atomic mass is 10.3. The monoisotopic (exact) mass is 364 g/mol. The smallest absolute Gasteiger partial charge is 0.174 e. The molecule has 0 unspecified atom stereocenters. The Kier molecular flexibility index (Phi) is 5.10. The number of benzene rings is 1. The van der Waals surface area contributed by atoms with E-state index in [9.17, 15) is 0 Å². The molecule has 0 spiro atoms. The van der Waals surface area contributed by atoms with E-state index >= 15 is 0 Å². The van der Waals surface area contributed by atoms with Crippen LogP contribution in [-0.4, -0.2) is 12.2 Å². The van der Waals surface area contributed by atoms with Gasteiger partial charge in [0, 0.05) is 23.2 Å². The van der Waals surface area contributed by atoms with Crippen LogP contribution in [0.4, 0.5) is 0 Å². The quantitative estimate of drug-likeness (QED) is 0.812. The standard InChI is InChI=1S/C12H11BrCl2N2O2/c1-16-5-7-2-8(19-17-7)6-18-12-4-10(14)9(13)3-11(12)15/h2-4,16H,5-6H2,1H3. The number of ether oxygens (including phenoxy) is 1. The van der Waals surface area contributed by atoms with E-state index in [4.69, 9.17) is 32.5 Å². The summed E-state index contributed by atoms with van der Waals surface area (Å²) in [6.45, 7) is 0.892. The topological polar surface area (TPSA) is 47.3 Å². The summed E-state index contributed by atoms with van der Waals surface area (Å²) in [5, 5.41) is 7.89. The molecular weight excluding hydrogens is 355 g/mol. The fraction of sp³-hybridized carbons (Fsp3) is 0.250. The summed E-state index contributed by atoms with van der Waals surface area (Å²) in [5.41, 5.74) is 0.820. The highest BCUT2D eigenvalue weighted by molar-refractivity contribution is 9.10. The van der Waals surface area contributed by atoms with Gasteiger partial charge in [-0.1, -0.05) is 28.4 Å². The molecule has 2 aromatic rings. The summed E-state index contributed by atoms with van der Waals surface area (Å²) in [6, 6.07) is 5.16. The van der Waals surface area contributed by atoms with Crippen LogP contribution in [0.2, 0.25) is 10.0 Å². The molecule has 1 aromatic carbocycles. The second-order valence-electron chi connectivity index (χ2n) is 3.80. The lowest BCUT2D eigenvalue weighted by Gasteiger charge is -2.07. The zero-order chi connectivity index (χ0) is 13.8. The summed E-state index contributed by atoms with van der Waals surface area (Å²) >= 11 is 15.3. The average Bonchev–Trinajstić information content (AvgIpc) is 2.80. The molecule has 0 aliphatic carbocycles. The second kappa shape index (κ2) is 6.61. The molecule has 2 rings (SSSR count). The van der Waals surface area contributed by atoms with Crippen molar-refractivity contribution in [3.8, 4) is 5.75 Å². The van der Waals surface area contributed by atoms with Crippen molar-refractivity contribution >= 4 is 39.1 Å². The van der Waals surface area contributed by atoms with Crippen molar-refractivity contribution in [2.75, 3.05) is 7.05 Å². The molecule has 102 valence electrons. The van der Waals surface area contributed by atoms with E-state index in [1.54, 1.807) is 12.1 Å². The molecule has 0 amide bonds. The van der Waals surface area contributed by atoms with Crippen molar-refractivity contribution in [2.24, 2.45) is 0 Å². The molecule has 0 saturated carbocycles. The van der Waals surface area contributed by atoms with Crippen LogP contribution in [0.5, 0.6) is 5.75 Å². The lowest BCUT2D eigenvalue weighted by molar-refractivity contribution is 0.248. The fourth-order valence-electron chi connectivity index (χ4n) is 1.45. The van der Waals surface area contributed by atoms with Gasteiger partial charge >= 0.3 is 0 Å². The van der Waals surface area contributed by atoms with Crippen LogP contribution in [0.1, 0.15) is 11.5 Å². The van der Waals surface area contributed by atoms with Crippen molar-refractivity contribution in [3.63, 3.8) is 0 Å². The molecule has 1 aromatic heterocycles. The number of hydrogen-bond donors (Lipinski definition) is 1. The van der Waals surface area contributed by atoms with Crippen LogP contribution >= 0.6 is 39.1 Å². The van der Waals surface area contributed by atoms with Crippen LogP contribution in [-0.2, 0) is 13.2 Å². The zero-order valence-electron chi connectivity index (χ0n) is 10.0. The third kappa shape index (κ3) is 3.86. The molecule has 0 atom stereocenters. The van der Waals surface area contributed by atoms with Crippen molar-refractivity contribution in [2.45, 2.75) is 13.2 Å². The summed E-state index contributed by atoms with van der Waals surface area (Å²) in [5.74, 6) is 1.13. The van der Waals surface area contributed by atoms with E-state index in [2.05, 4.69) is 26.4 Å². The van der Waals surface area contributed by atoms with E-state index in [1.807, 2.05) is 13.1 Å². The van der Waals surface area contributed by atoms with Gasteiger partial charge < -0.3 is 14.6 Å². The number of nitrogens with one attached hydrogen (secondary N) is 1. The Balaban J connectivity index is 2.03. The minimum absolute atomic E-state index is 0.244. The van der Waals surface area contributed by atoms with Gasteiger partial charge in [-0.3, -0.25) is 0 Å². The highest BCUT2D eigenvalue weighted by Crippen LogP contribution is 2.34. The number of hydrogen-bond acceptors (Lipinski definition) is 4. The molecular formula is C12H11BrCl2N2O2. The average molecular weight is 366 g/mol. The van der Waals surface area contributed by atoms with Crippen molar-refractivity contribution in [3.05, 3.63) is 44.2 Å². The van der Waals surface area contributed by atoms with Crippen LogP contribution in [0.15, 0.2) is 27.2 Å². The van der Waals surface area contributed by atoms with Gasteiger partial charge in [0.15, 0.2) is 5.76 Å². The van der Waals surface area contributed by atoms with E-state index in [0.29, 0.717) is 28.1 Å². The van der Waals surface area contributed by atoms with Crippen LogP contribution in [0.25, 0.3) is 0 Å². The third-order valence-corrected chi connectivity index (χ3v) is 3.80. The Morgan fingerprint density at radius 3 is 2.84 bits per heavy atom. The van der Waals surface area contributed by atoms with Gasteiger partial charge in [0.05, 0.1) is 15.7 Å². The number of halogens is 3. The maximum Gasteiger partial charge on any atom is 0.174 e. The van der Waals surface area contributed by atoms with E-state index in [0.717, 1.165) is 10.2 Å². The van der Waals surface area contributed by atoms with Gasteiger partial charge in [-0.25, -0.2) is 0 Å². The predicted molar refractivity (Wildman–Crippen MR) is 77.8 cm³/mol. The van der Waals surface area contributed by atoms with Crippen LogP contribution in [0.3, 0.4) is 0 Å². The Morgan fingerprint density at radius 1 is 1.32 bits per heavy atom. The Hall–Kier alpha value is -0.750. The molecule has 4 nitrogen and oxygen atoms in total. The third-order valence-electron chi connectivity index (χ3n) is 2.31. The SMILES string of the molecule is CNCc1cc(COc2cc(Cl)c(Br)cc2Cl)on1. The van der Waals surface area contributed by atoms with Gasteiger partial charge in [-0.15, -0.1) is 0 Å². The maximum atomic E-state index is 6.05. The first-order valence-electron chi connectivity index (χ1n) is 5.46. The number of rotatable bonds is 5. The highest BCUT2D eigenvalue weighted by Gasteiger charge is 2.09. The van der Waals surface area contributed by atoms with Crippen LogP contribution < -0.4 is 10.1 Å². The maximum absolute atomic E-state index is 6.05.